The minimum Gasteiger partial charge on any atom is -0.336 e. The van der Waals surface area contributed by atoms with Crippen molar-refractivity contribution >= 4 is 5.91 Å². The predicted molar refractivity (Wildman–Crippen MR) is 91.2 cm³/mol. The summed E-state index contributed by atoms with van der Waals surface area (Å²) < 4.78 is 0. The molecule has 1 aliphatic heterocycles. The molecule has 24 heavy (non-hydrogen) atoms. The molecule has 1 saturated carbocycles. The van der Waals surface area contributed by atoms with Gasteiger partial charge in [0.15, 0.2) is 0 Å². The van der Waals surface area contributed by atoms with E-state index in [-0.39, 0.29) is 11.9 Å². The largest absolute Gasteiger partial charge is 0.336 e. The quantitative estimate of drug-likeness (QED) is 0.888. The van der Waals surface area contributed by atoms with E-state index in [0.717, 1.165) is 63.7 Å². The Morgan fingerprint density at radius 2 is 2.25 bits per heavy atom. The molecular formula is C18H27N5O. The lowest BCUT2D eigenvalue weighted by Gasteiger charge is -2.38. The number of aromatic amines is 1. The molecule has 2 N–H and O–H groups in total. The fourth-order valence-corrected chi connectivity index (χ4v) is 4.03. The van der Waals surface area contributed by atoms with Crippen LogP contribution in [0.15, 0.2) is 12.3 Å². The minimum atomic E-state index is -0.651. The van der Waals surface area contributed by atoms with E-state index in [4.69, 9.17) is 0 Å². The normalized spacial score (nSPS) is 25.6. The van der Waals surface area contributed by atoms with E-state index < -0.39 is 5.54 Å². The minimum absolute atomic E-state index is 0.0105. The number of hydrogen-bond acceptors (Lipinski definition) is 4. The number of carbonyl (C=O) groups is 1. The van der Waals surface area contributed by atoms with Gasteiger partial charge in [0.2, 0.25) is 5.91 Å². The van der Waals surface area contributed by atoms with E-state index in [1.54, 1.807) is 6.20 Å². The van der Waals surface area contributed by atoms with Crippen molar-refractivity contribution in [2.75, 3.05) is 13.1 Å². The van der Waals surface area contributed by atoms with E-state index in [1.165, 1.54) is 0 Å². The van der Waals surface area contributed by atoms with Crippen LogP contribution in [0, 0.1) is 11.3 Å². The summed E-state index contributed by atoms with van der Waals surface area (Å²) in [6, 6.07) is 4.19. The number of nitriles is 1. The van der Waals surface area contributed by atoms with Crippen LogP contribution in [-0.4, -0.2) is 45.7 Å². The fraction of sp³-hybridized carbons (Fsp3) is 0.722. The first-order valence-electron chi connectivity index (χ1n) is 9.10. The second kappa shape index (κ2) is 7.35. The third-order valence-corrected chi connectivity index (χ3v) is 5.63. The van der Waals surface area contributed by atoms with E-state index in [9.17, 15) is 10.1 Å². The number of rotatable bonds is 4. The second-order valence-corrected chi connectivity index (χ2v) is 7.27. The molecule has 1 aliphatic carbocycles. The summed E-state index contributed by atoms with van der Waals surface area (Å²) in [4.78, 5) is 15.0. The van der Waals surface area contributed by atoms with Gasteiger partial charge < -0.3 is 5.32 Å². The zero-order chi connectivity index (χ0) is 17.0. The Labute approximate surface area is 143 Å². The smallest absolute Gasteiger partial charge is 0.238 e. The average molecular weight is 329 g/mol. The summed E-state index contributed by atoms with van der Waals surface area (Å²) in [5.74, 6) is 0.389. The summed E-state index contributed by atoms with van der Waals surface area (Å²) in [7, 11) is 0. The summed E-state index contributed by atoms with van der Waals surface area (Å²) in [5, 5.41) is 19.7. The van der Waals surface area contributed by atoms with Gasteiger partial charge in [-0.25, -0.2) is 0 Å². The molecule has 2 aliphatic rings. The number of H-pyrrole nitrogens is 1. The zero-order valence-electron chi connectivity index (χ0n) is 14.4. The van der Waals surface area contributed by atoms with Crippen LogP contribution >= 0.6 is 0 Å². The Morgan fingerprint density at radius 1 is 1.46 bits per heavy atom. The van der Waals surface area contributed by atoms with Crippen LogP contribution in [0.2, 0.25) is 0 Å². The SMILES string of the molecule is CC(C(=O)NC1(C#N)CCCCC1)N1CCCC(c2ccn[nH]2)C1. The van der Waals surface area contributed by atoms with Crippen LogP contribution in [-0.2, 0) is 4.79 Å². The Morgan fingerprint density at radius 3 is 2.92 bits per heavy atom. The Balaban J connectivity index is 1.61. The third kappa shape index (κ3) is 3.62. The van der Waals surface area contributed by atoms with Crippen LogP contribution < -0.4 is 5.32 Å². The van der Waals surface area contributed by atoms with Gasteiger partial charge in [0, 0.05) is 24.4 Å². The highest BCUT2D eigenvalue weighted by atomic mass is 16.2. The van der Waals surface area contributed by atoms with Crippen molar-refractivity contribution in [2.45, 2.75) is 69.4 Å². The molecule has 1 saturated heterocycles. The number of piperidine rings is 1. The van der Waals surface area contributed by atoms with Crippen LogP contribution in [0.3, 0.4) is 0 Å². The number of amides is 1. The topological polar surface area (TPSA) is 84.8 Å². The molecule has 2 unspecified atom stereocenters. The number of carbonyl (C=O) groups excluding carboxylic acids is 1. The van der Waals surface area contributed by atoms with Gasteiger partial charge in [-0.2, -0.15) is 10.4 Å². The highest BCUT2D eigenvalue weighted by molar-refractivity contribution is 5.82. The first-order chi connectivity index (χ1) is 11.6. The van der Waals surface area contributed by atoms with Gasteiger partial charge in [-0.1, -0.05) is 19.3 Å². The zero-order valence-corrected chi connectivity index (χ0v) is 14.4. The fourth-order valence-electron chi connectivity index (χ4n) is 4.03. The Hall–Kier alpha value is -1.87. The van der Waals surface area contributed by atoms with E-state index >= 15 is 0 Å². The second-order valence-electron chi connectivity index (χ2n) is 7.27. The Bertz CT molecular complexity index is 585. The maximum atomic E-state index is 12.7. The van der Waals surface area contributed by atoms with Crippen molar-refractivity contribution in [3.8, 4) is 6.07 Å². The maximum Gasteiger partial charge on any atom is 0.238 e. The van der Waals surface area contributed by atoms with Gasteiger partial charge in [-0.05, 0) is 45.2 Å². The number of aromatic nitrogens is 2. The van der Waals surface area contributed by atoms with E-state index in [1.807, 2.05) is 13.0 Å². The molecule has 6 nitrogen and oxygen atoms in total. The van der Waals surface area contributed by atoms with Crippen LogP contribution in [0.5, 0.6) is 0 Å². The molecular weight excluding hydrogens is 302 g/mol. The van der Waals surface area contributed by atoms with Crippen molar-refractivity contribution in [1.29, 1.82) is 5.26 Å². The van der Waals surface area contributed by atoms with Crippen molar-refractivity contribution in [3.63, 3.8) is 0 Å². The first kappa shape index (κ1) is 17.0. The Kier molecular flexibility index (Phi) is 5.20. The van der Waals surface area contributed by atoms with E-state index in [2.05, 4.69) is 26.5 Å². The summed E-state index contributed by atoms with van der Waals surface area (Å²) in [6.07, 6.45) is 8.73. The van der Waals surface area contributed by atoms with Crippen LogP contribution in [0.4, 0.5) is 0 Å². The van der Waals surface area contributed by atoms with Crippen molar-refractivity contribution in [2.24, 2.45) is 0 Å². The summed E-state index contributed by atoms with van der Waals surface area (Å²) in [6.45, 7) is 3.74. The molecule has 1 amide bonds. The maximum absolute atomic E-state index is 12.7. The number of nitrogens with zero attached hydrogens (tertiary/aromatic N) is 3. The molecule has 3 rings (SSSR count). The van der Waals surface area contributed by atoms with Gasteiger partial charge in [0.1, 0.15) is 5.54 Å². The summed E-state index contributed by atoms with van der Waals surface area (Å²) in [5.41, 5.74) is 0.496. The molecule has 1 aromatic heterocycles. The van der Waals surface area contributed by atoms with Crippen LogP contribution in [0.1, 0.15) is 63.5 Å². The van der Waals surface area contributed by atoms with Gasteiger partial charge in [-0.3, -0.25) is 14.8 Å². The van der Waals surface area contributed by atoms with Crippen LogP contribution in [0.25, 0.3) is 0 Å². The van der Waals surface area contributed by atoms with Crippen molar-refractivity contribution < 1.29 is 4.79 Å². The molecule has 1 aromatic rings. The molecule has 2 heterocycles. The van der Waals surface area contributed by atoms with E-state index in [0.29, 0.717) is 5.92 Å². The molecule has 2 atom stereocenters. The molecule has 0 radical (unpaired) electrons. The lowest BCUT2D eigenvalue weighted by molar-refractivity contribution is -0.128. The number of likely N-dealkylation sites (tertiary alicyclic amines) is 1. The highest BCUT2D eigenvalue weighted by Crippen LogP contribution is 2.29. The summed E-state index contributed by atoms with van der Waals surface area (Å²) >= 11 is 0. The average Bonchev–Trinajstić information content (AvgIpc) is 3.16. The standard InChI is InChI=1S/C18H27N5O/c1-14(17(24)21-18(13-19)8-3-2-4-9-18)23-11-5-6-15(12-23)16-7-10-20-22-16/h7,10,14-15H,2-6,8-9,11-12H2,1H3,(H,20,22)(H,21,24). The molecule has 0 bridgehead atoms. The molecule has 6 heteroatoms. The van der Waals surface area contributed by atoms with Gasteiger partial charge >= 0.3 is 0 Å². The van der Waals surface area contributed by atoms with Gasteiger partial charge in [-0.15, -0.1) is 0 Å². The van der Waals surface area contributed by atoms with Crippen molar-refractivity contribution in [3.05, 3.63) is 18.0 Å². The molecule has 2 fully saturated rings. The lowest BCUT2D eigenvalue weighted by Crippen LogP contribution is -2.56. The first-order valence-corrected chi connectivity index (χ1v) is 9.10. The highest BCUT2D eigenvalue weighted by Gasteiger charge is 2.36. The van der Waals surface area contributed by atoms with Gasteiger partial charge in [0.05, 0.1) is 12.1 Å². The number of hydrogen-bond donors (Lipinski definition) is 2. The lowest BCUT2D eigenvalue weighted by atomic mass is 9.82. The molecule has 130 valence electrons. The third-order valence-electron chi connectivity index (χ3n) is 5.63. The monoisotopic (exact) mass is 329 g/mol. The number of nitrogens with one attached hydrogen (secondary N) is 2. The molecule has 0 aromatic carbocycles. The van der Waals surface area contributed by atoms with Gasteiger partial charge in [0.25, 0.3) is 0 Å². The van der Waals surface area contributed by atoms with Crippen molar-refractivity contribution in [1.82, 2.24) is 20.4 Å². The molecule has 0 spiro atoms. The predicted octanol–water partition coefficient (Wildman–Crippen LogP) is 2.32.